The predicted octanol–water partition coefficient (Wildman–Crippen LogP) is 4.78. The number of anilines is 1. The third-order valence-corrected chi connectivity index (χ3v) is 7.66. The summed E-state index contributed by atoms with van der Waals surface area (Å²) in [5.41, 5.74) is 0.452. The van der Waals surface area contributed by atoms with Crippen LogP contribution in [0.1, 0.15) is 40.5 Å². The van der Waals surface area contributed by atoms with Gasteiger partial charge in [-0.1, -0.05) is 19.6 Å². The fourth-order valence-corrected chi connectivity index (χ4v) is 4.66. The van der Waals surface area contributed by atoms with Crippen molar-refractivity contribution in [3.63, 3.8) is 0 Å². The van der Waals surface area contributed by atoms with Gasteiger partial charge in [-0.3, -0.25) is 4.57 Å². The topological polar surface area (TPSA) is 94.4 Å². The maximum absolute atomic E-state index is 12.3. The van der Waals surface area contributed by atoms with Gasteiger partial charge in [0.2, 0.25) is 11.6 Å². The highest BCUT2D eigenvalue weighted by molar-refractivity contribution is 9.10. The number of nitrogens with one attached hydrogen (secondary N) is 1. The maximum Gasteiger partial charge on any atom is 0.408 e. The Hall–Kier alpha value is -1.72. The lowest BCUT2D eigenvalue weighted by Crippen LogP contribution is -2.54. The lowest BCUT2D eigenvalue weighted by molar-refractivity contribution is 0.0447. The summed E-state index contributed by atoms with van der Waals surface area (Å²) in [6.45, 7) is 17.3. The second kappa shape index (κ2) is 9.87. The van der Waals surface area contributed by atoms with Gasteiger partial charge in [-0.2, -0.15) is 4.98 Å². The molecule has 1 aliphatic heterocycles. The van der Waals surface area contributed by atoms with Crippen molar-refractivity contribution in [1.29, 1.82) is 0 Å². The standard InChI is InChI=1S/C22H37BrN6O3Si/c1-21(2,3)32-20(30)27-22(4)8-10-28(11-9-22)19-26-17-18(24-14-16(23)25-17)29(19)15-31-12-13-33(5,6)7/h14H,8-13,15H2,1-7H3,(H,27,30). The average molecular weight is 542 g/mol. The molecule has 0 aliphatic carbocycles. The first-order valence-electron chi connectivity index (χ1n) is 11.5. The van der Waals surface area contributed by atoms with Gasteiger partial charge in [0.15, 0.2) is 5.65 Å². The van der Waals surface area contributed by atoms with Crippen molar-refractivity contribution in [3.8, 4) is 0 Å². The molecule has 1 fully saturated rings. The summed E-state index contributed by atoms with van der Waals surface area (Å²) in [5, 5.41) is 3.06. The molecule has 0 radical (unpaired) electrons. The van der Waals surface area contributed by atoms with E-state index in [-0.39, 0.29) is 11.6 Å². The van der Waals surface area contributed by atoms with E-state index in [1.54, 1.807) is 6.20 Å². The van der Waals surface area contributed by atoms with E-state index in [1.807, 2.05) is 25.3 Å². The Morgan fingerprint density at radius 1 is 1.24 bits per heavy atom. The zero-order valence-corrected chi connectivity index (χ0v) is 23.5. The quantitative estimate of drug-likeness (QED) is 0.398. The molecular weight excluding hydrogens is 504 g/mol. The van der Waals surface area contributed by atoms with Crippen molar-refractivity contribution >= 4 is 47.3 Å². The SMILES string of the molecule is CC1(NC(=O)OC(C)(C)C)CCN(c2nc3nc(Br)cnc3n2COCC[Si](C)(C)C)CC1. The molecule has 2 aromatic rings. The Balaban J connectivity index is 1.72. The Labute approximate surface area is 205 Å². The molecule has 1 saturated heterocycles. The van der Waals surface area contributed by atoms with Crippen molar-refractivity contribution in [2.75, 3.05) is 24.6 Å². The molecule has 0 unspecified atom stereocenters. The molecule has 0 saturated carbocycles. The van der Waals surface area contributed by atoms with Crippen molar-refractivity contribution < 1.29 is 14.3 Å². The Kier molecular flexibility index (Phi) is 7.74. The Bertz CT molecular complexity index is 977. The minimum Gasteiger partial charge on any atom is -0.444 e. The van der Waals surface area contributed by atoms with E-state index in [0.717, 1.165) is 44.5 Å². The predicted molar refractivity (Wildman–Crippen MR) is 136 cm³/mol. The number of aromatic nitrogens is 4. The number of hydrogen-bond donors (Lipinski definition) is 1. The number of rotatable bonds is 7. The summed E-state index contributed by atoms with van der Waals surface area (Å²) in [6.07, 6.45) is 2.86. The van der Waals surface area contributed by atoms with E-state index in [9.17, 15) is 4.79 Å². The van der Waals surface area contributed by atoms with Gasteiger partial charge in [0.1, 0.15) is 16.9 Å². The van der Waals surface area contributed by atoms with E-state index in [1.165, 1.54) is 0 Å². The number of imidazole rings is 1. The number of nitrogens with zero attached hydrogens (tertiary/aromatic N) is 5. The molecule has 2 aromatic heterocycles. The number of hydrogen-bond acceptors (Lipinski definition) is 7. The third-order valence-electron chi connectivity index (χ3n) is 5.58. The minimum absolute atomic E-state index is 0.330. The van der Waals surface area contributed by atoms with Crippen LogP contribution in [-0.4, -0.2) is 64.5 Å². The van der Waals surface area contributed by atoms with Crippen LogP contribution >= 0.6 is 15.9 Å². The summed E-state index contributed by atoms with van der Waals surface area (Å²) < 4.78 is 14.1. The van der Waals surface area contributed by atoms with Crippen LogP contribution in [0.25, 0.3) is 11.3 Å². The van der Waals surface area contributed by atoms with Gasteiger partial charge in [-0.25, -0.2) is 14.8 Å². The largest absolute Gasteiger partial charge is 0.444 e. The summed E-state index contributed by atoms with van der Waals surface area (Å²) in [6, 6.07) is 1.10. The van der Waals surface area contributed by atoms with Gasteiger partial charge in [-0.15, -0.1) is 0 Å². The van der Waals surface area contributed by atoms with Crippen LogP contribution in [-0.2, 0) is 16.2 Å². The summed E-state index contributed by atoms with van der Waals surface area (Å²) in [4.78, 5) is 28.3. The third kappa shape index (κ3) is 7.38. The molecule has 1 N–H and O–H groups in total. The molecule has 0 atom stereocenters. The summed E-state index contributed by atoms with van der Waals surface area (Å²) in [7, 11) is -1.17. The zero-order valence-electron chi connectivity index (χ0n) is 20.9. The number of ether oxygens (including phenoxy) is 2. The van der Waals surface area contributed by atoms with Crippen LogP contribution in [0.15, 0.2) is 10.8 Å². The first-order valence-corrected chi connectivity index (χ1v) is 16.0. The van der Waals surface area contributed by atoms with Gasteiger partial charge < -0.3 is 19.7 Å². The number of carbonyl (C=O) groups excluding carboxylic acids is 1. The number of amides is 1. The first kappa shape index (κ1) is 25.9. The molecule has 9 nitrogen and oxygen atoms in total. The molecule has 1 amide bonds. The molecule has 1 aliphatic rings. The van der Waals surface area contributed by atoms with Gasteiger partial charge in [-0.05, 0) is 62.5 Å². The van der Waals surface area contributed by atoms with Crippen molar-refractivity contribution in [1.82, 2.24) is 24.8 Å². The molecule has 184 valence electrons. The number of piperidine rings is 1. The molecule has 3 rings (SSSR count). The van der Waals surface area contributed by atoms with Crippen LogP contribution in [0.5, 0.6) is 0 Å². The van der Waals surface area contributed by atoms with Crippen LogP contribution in [0.3, 0.4) is 0 Å². The van der Waals surface area contributed by atoms with Crippen LogP contribution in [0, 0.1) is 0 Å². The average Bonchev–Trinajstić information content (AvgIpc) is 3.00. The van der Waals surface area contributed by atoms with Gasteiger partial charge in [0.05, 0.1) is 6.20 Å². The van der Waals surface area contributed by atoms with E-state index < -0.39 is 13.7 Å². The zero-order chi connectivity index (χ0) is 24.4. The Morgan fingerprint density at radius 3 is 2.52 bits per heavy atom. The number of fused-ring (bicyclic) bond motifs is 1. The molecule has 3 heterocycles. The lowest BCUT2D eigenvalue weighted by atomic mass is 9.90. The minimum atomic E-state index is -1.17. The van der Waals surface area contributed by atoms with Crippen LogP contribution in [0.2, 0.25) is 25.7 Å². The van der Waals surface area contributed by atoms with Gasteiger partial charge in [0, 0.05) is 33.3 Å². The van der Waals surface area contributed by atoms with Crippen LogP contribution in [0.4, 0.5) is 10.7 Å². The first-order chi connectivity index (χ1) is 15.2. The van der Waals surface area contributed by atoms with E-state index in [4.69, 9.17) is 14.5 Å². The molecule has 0 spiro atoms. The molecule has 11 heteroatoms. The second-order valence-electron chi connectivity index (χ2n) is 11.2. The molecular formula is C22H37BrN6O3Si. The lowest BCUT2D eigenvalue weighted by Gasteiger charge is -2.40. The molecule has 0 aromatic carbocycles. The highest BCUT2D eigenvalue weighted by Crippen LogP contribution is 2.28. The van der Waals surface area contributed by atoms with Crippen molar-refractivity contribution in [3.05, 3.63) is 10.8 Å². The van der Waals surface area contributed by atoms with E-state index in [2.05, 4.69) is 62.7 Å². The summed E-state index contributed by atoms with van der Waals surface area (Å²) >= 11 is 3.39. The number of alkyl carbamates (subject to hydrolysis) is 1. The van der Waals surface area contributed by atoms with Crippen molar-refractivity contribution in [2.24, 2.45) is 0 Å². The summed E-state index contributed by atoms with van der Waals surface area (Å²) in [5.74, 6) is 0.801. The van der Waals surface area contributed by atoms with Crippen LogP contribution < -0.4 is 10.2 Å². The van der Waals surface area contributed by atoms with Gasteiger partial charge in [0.25, 0.3) is 0 Å². The molecule has 33 heavy (non-hydrogen) atoms. The molecule has 0 bridgehead atoms. The van der Waals surface area contributed by atoms with E-state index >= 15 is 0 Å². The Morgan fingerprint density at radius 2 is 1.91 bits per heavy atom. The van der Waals surface area contributed by atoms with Crippen molar-refractivity contribution in [2.45, 2.75) is 84.1 Å². The fourth-order valence-electron chi connectivity index (χ4n) is 3.64. The van der Waals surface area contributed by atoms with E-state index in [0.29, 0.717) is 22.6 Å². The number of halogens is 1. The smallest absolute Gasteiger partial charge is 0.408 e. The maximum atomic E-state index is 12.3. The number of carbonyl (C=O) groups is 1. The highest BCUT2D eigenvalue weighted by Gasteiger charge is 2.34. The fraction of sp³-hybridized carbons (Fsp3) is 0.727. The monoisotopic (exact) mass is 540 g/mol. The normalized spacial score (nSPS) is 16.8. The second-order valence-corrected chi connectivity index (χ2v) is 17.6. The highest BCUT2D eigenvalue weighted by atomic mass is 79.9. The van der Waals surface area contributed by atoms with Gasteiger partial charge >= 0.3 is 6.09 Å².